The fraction of sp³-hybridized carbons (Fsp3) is 0.200. The lowest BCUT2D eigenvalue weighted by Crippen LogP contribution is -2.52. The van der Waals surface area contributed by atoms with E-state index < -0.39 is 37.4 Å². The van der Waals surface area contributed by atoms with Gasteiger partial charge in [0.15, 0.2) is 21.3 Å². The zero-order valence-electron chi connectivity index (χ0n) is 12.7. The molecule has 1 aliphatic rings. The molecule has 130 valence electrons. The number of rotatable bonds is 4. The molecule has 1 aliphatic heterocycles. The topological polar surface area (TPSA) is 117 Å². The minimum atomic E-state index is -4.01. The van der Waals surface area contributed by atoms with Crippen molar-refractivity contribution in [2.75, 3.05) is 11.5 Å². The number of hydrogen-bond donors (Lipinski definition) is 1. The molecule has 25 heavy (non-hydrogen) atoms. The number of halogens is 1. The highest BCUT2D eigenvalue weighted by molar-refractivity contribution is 7.93. The average Bonchev–Trinajstić information content (AvgIpc) is 2.53. The van der Waals surface area contributed by atoms with E-state index in [0.29, 0.717) is 0 Å². The van der Waals surface area contributed by atoms with Gasteiger partial charge in [-0.2, -0.15) is 5.26 Å². The Morgan fingerprint density at radius 2 is 1.88 bits per heavy atom. The summed E-state index contributed by atoms with van der Waals surface area (Å²) in [6, 6.07) is 9.14. The van der Waals surface area contributed by atoms with Gasteiger partial charge in [0, 0.05) is 11.6 Å². The number of sulfonamides is 1. The molecule has 1 saturated heterocycles. The van der Waals surface area contributed by atoms with Crippen LogP contribution in [0.3, 0.4) is 0 Å². The van der Waals surface area contributed by atoms with E-state index in [0.717, 1.165) is 6.07 Å². The van der Waals surface area contributed by atoms with Crippen LogP contribution in [0.1, 0.15) is 5.69 Å². The molecular weight excluding hydrogens is 369 g/mol. The SMILES string of the molecule is N#Cc1nc(-c2ccccc2S(=O)(=O)NC2CS(=O)(=O)C2)ccc1F. The number of nitrogens with zero attached hydrogens (tertiary/aromatic N) is 2. The largest absolute Gasteiger partial charge is 0.241 e. The zero-order valence-corrected chi connectivity index (χ0v) is 14.3. The summed E-state index contributed by atoms with van der Waals surface area (Å²) < 4.78 is 63.4. The molecule has 0 unspecified atom stereocenters. The van der Waals surface area contributed by atoms with Crippen LogP contribution in [0.5, 0.6) is 0 Å². The predicted molar refractivity (Wildman–Crippen MR) is 87.1 cm³/mol. The summed E-state index contributed by atoms with van der Waals surface area (Å²) in [5, 5.41) is 8.89. The van der Waals surface area contributed by atoms with Gasteiger partial charge in [-0.25, -0.2) is 30.9 Å². The van der Waals surface area contributed by atoms with Crippen molar-refractivity contribution in [2.45, 2.75) is 10.9 Å². The maximum absolute atomic E-state index is 13.4. The van der Waals surface area contributed by atoms with Gasteiger partial charge in [-0.05, 0) is 18.2 Å². The van der Waals surface area contributed by atoms with E-state index in [2.05, 4.69) is 9.71 Å². The molecular formula is C15H12FN3O4S2. The first-order chi connectivity index (χ1) is 11.7. The predicted octanol–water partition coefficient (Wildman–Crippen LogP) is 0.835. The molecule has 3 rings (SSSR count). The summed E-state index contributed by atoms with van der Waals surface area (Å²) in [6.07, 6.45) is 0. The Hall–Kier alpha value is -2.35. The Kier molecular flexibility index (Phi) is 4.32. The van der Waals surface area contributed by atoms with Gasteiger partial charge >= 0.3 is 0 Å². The van der Waals surface area contributed by atoms with Crippen LogP contribution in [0.15, 0.2) is 41.3 Å². The highest BCUT2D eigenvalue weighted by Gasteiger charge is 2.37. The molecule has 0 bridgehead atoms. The smallest absolute Gasteiger partial charge is 0.234 e. The lowest BCUT2D eigenvalue weighted by atomic mass is 10.1. The first-order valence-corrected chi connectivity index (χ1v) is 10.4. The van der Waals surface area contributed by atoms with Gasteiger partial charge in [-0.1, -0.05) is 18.2 Å². The first-order valence-electron chi connectivity index (χ1n) is 7.11. The summed E-state index contributed by atoms with van der Waals surface area (Å²) in [5.74, 6) is -1.30. The highest BCUT2D eigenvalue weighted by Crippen LogP contribution is 2.27. The fourth-order valence-corrected chi connectivity index (χ4v) is 5.46. The Balaban J connectivity index is 2.00. The number of nitrogens with one attached hydrogen (secondary N) is 1. The summed E-state index contributed by atoms with van der Waals surface area (Å²) in [7, 11) is -7.19. The van der Waals surface area contributed by atoms with Crippen molar-refractivity contribution in [1.82, 2.24) is 9.71 Å². The molecule has 0 atom stereocenters. The average molecular weight is 381 g/mol. The summed E-state index contributed by atoms with van der Waals surface area (Å²) in [4.78, 5) is 3.72. The van der Waals surface area contributed by atoms with Crippen molar-refractivity contribution in [3.63, 3.8) is 0 Å². The molecule has 0 spiro atoms. The highest BCUT2D eigenvalue weighted by atomic mass is 32.2. The van der Waals surface area contributed by atoms with Gasteiger partial charge in [0.05, 0.1) is 22.1 Å². The van der Waals surface area contributed by atoms with Gasteiger partial charge < -0.3 is 0 Å². The first kappa shape index (κ1) is 17.5. The van der Waals surface area contributed by atoms with Crippen molar-refractivity contribution >= 4 is 19.9 Å². The van der Waals surface area contributed by atoms with Crippen molar-refractivity contribution in [3.05, 3.63) is 47.9 Å². The molecule has 1 fully saturated rings. The molecule has 0 radical (unpaired) electrons. The van der Waals surface area contributed by atoms with E-state index in [-0.39, 0.29) is 27.7 Å². The normalized spacial score (nSPS) is 16.8. The monoisotopic (exact) mass is 381 g/mol. The fourth-order valence-electron chi connectivity index (χ4n) is 2.50. The van der Waals surface area contributed by atoms with Crippen LogP contribution in [0.4, 0.5) is 4.39 Å². The molecule has 0 saturated carbocycles. The number of nitriles is 1. The van der Waals surface area contributed by atoms with Gasteiger partial charge in [0.25, 0.3) is 0 Å². The van der Waals surface area contributed by atoms with Crippen molar-refractivity contribution < 1.29 is 21.2 Å². The van der Waals surface area contributed by atoms with Crippen LogP contribution in [0, 0.1) is 17.1 Å². The quantitative estimate of drug-likeness (QED) is 0.838. The van der Waals surface area contributed by atoms with E-state index in [9.17, 15) is 21.2 Å². The third kappa shape index (κ3) is 3.53. The third-order valence-electron chi connectivity index (χ3n) is 3.64. The second kappa shape index (κ2) is 6.18. The second-order valence-corrected chi connectivity index (χ2v) is 9.37. The van der Waals surface area contributed by atoms with E-state index >= 15 is 0 Å². The van der Waals surface area contributed by atoms with Crippen LogP contribution in [-0.2, 0) is 19.9 Å². The maximum Gasteiger partial charge on any atom is 0.241 e. The molecule has 0 aliphatic carbocycles. The van der Waals surface area contributed by atoms with Crippen molar-refractivity contribution in [1.29, 1.82) is 5.26 Å². The number of pyridine rings is 1. The number of hydrogen-bond acceptors (Lipinski definition) is 6. The third-order valence-corrected chi connectivity index (χ3v) is 7.04. The number of sulfone groups is 1. The lowest BCUT2D eigenvalue weighted by molar-refractivity contribution is 0.536. The number of aromatic nitrogens is 1. The van der Waals surface area contributed by atoms with Crippen LogP contribution < -0.4 is 4.72 Å². The molecule has 2 aromatic rings. The van der Waals surface area contributed by atoms with Crippen LogP contribution in [0.2, 0.25) is 0 Å². The van der Waals surface area contributed by atoms with E-state index in [1.165, 1.54) is 24.3 Å². The molecule has 1 aromatic carbocycles. The Labute approximate surface area is 144 Å². The Morgan fingerprint density at radius 1 is 1.20 bits per heavy atom. The van der Waals surface area contributed by atoms with E-state index in [1.54, 1.807) is 12.1 Å². The second-order valence-electron chi connectivity index (χ2n) is 5.53. The lowest BCUT2D eigenvalue weighted by Gasteiger charge is -2.26. The molecule has 0 amide bonds. The maximum atomic E-state index is 13.4. The Bertz CT molecular complexity index is 1080. The molecule has 1 aromatic heterocycles. The zero-order chi connectivity index (χ0) is 18.2. The molecule has 7 nitrogen and oxygen atoms in total. The van der Waals surface area contributed by atoms with Crippen LogP contribution in [-0.4, -0.2) is 39.4 Å². The van der Waals surface area contributed by atoms with Crippen LogP contribution in [0.25, 0.3) is 11.3 Å². The van der Waals surface area contributed by atoms with Crippen LogP contribution >= 0.6 is 0 Å². The summed E-state index contributed by atoms with van der Waals surface area (Å²) >= 11 is 0. The standard InChI is InChI=1S/C15H12FN3O4S2/c16-12-5-6-13(18-14(12)7-17)11-3-1-2-4-15(11)25(22,23)19-10-8-24(20,21)9-10/h1-6,10,19H,8-9H2. The molecule has 2 heterocycles. The van der Waals surface area contributed by atoms with E-state index in [4.69, 9.17) is 5.26 Å². The van der Waals surface area contributed by atoms with Crippen molar-refractivity contribution in [3.8, 4) is 17.3 Å². The minimum Gasteiger partial charge on any atom is -0.234 e. The summed E-state index contributed by atoms with van der Waals surface area (Å²) in [5.41, 5.74) is -0.128. The Morgan fingerprint density at radius 3 is 2.52 bits per heavy atom. The number of benzene rings is 1. The summed E-state index contributed by atoms with van der Waals surface area (Å²) in [6.45, 7) is 0. The molecule has 1 N–H and O–H groups in total. The van der Waals surface area contributed by atoms with Gasteiger partial charge in [-0.15, -0.1) is 0 Å². The van der Waals surface area contributed by atoms with Gasteiger partial charge in [-0.3, -0.25) is 0 Å². The molecule has 10 heteroatoms. The van der Waals surface area contributed by atoms with Crippen molar-refractivity contribution in [2.24, 2.45) is 0 Å². The minimum absolute atomic E-state index is 0.123. The van der Waals surface area contributed by atoms with Gasteiger partial charge in [0.1, 0.15) is 6.07 Å². The van der Waals surface area contributed by atoms with Gasteiger partial charge in [0.2, 0.25) is 10.0 Å². The van der Waals surface area contributed by atoms with E-state index in [1.807, 2.05) is 0 Å².